The lowest BCUT2D eigenvalue weighted by atomic mass is 10.1. The van der Waals surface area contributed by atoms with Crippen molar-refractivity contribution in [3.8, 4) is 0 Å². The lowest BCUT2D eigenvalue weighted by Crippen LogP contribution is -2.48. The Balaban J connectivity index is 2.14. The molecule has 1 fully saturated rings. The van der Waals surface area contributed by atoms with Gasteiger partial charge >= 0.3 is 5.97 Å². The van der Waals surface area contributed by atoms with Crippen molar-refractivity contribution in [2.45, 2.75) is 19.4 Å². The first-order valence-electron chi connectivity index (χ1n) is 5.44. The molecule has 1 aliphatic rings. The molecule has 1 aromatic rings. The molecule has 0 aliphatic carbocycles. The second-order valence-corrected chi connectivity index (χ2v) is 4.61. The molecule has 1 saturated heterocycles. The maximum Gasteiger partial charge on any atom is 0.356 e. The number of hydrogen-bond acceptors (Lipinski definition) is 5. The van der Waals surface area contributed by atoms with Gasteiger partial charge in [0.25, 0.3) is 0 Å². The van der Waals surface area contributed by atoms with Gasteiger partial charge in [0.05, 0.1) is 12.2 Å². The summed E-state index contributed by atoms with van der Waals surface area (Å²) in [6.45, 7) is 6.12. The summed E-state index contributed by atoms with van der Waals surface area (Å²) in [5.74, 6) is -0.377. The zero-order chi connectivity index (χ0) is 12.5. The van der Waals surface area contributed by atoms with E-state index in [0.29, 0.717) is 19.0 Å². The largest absolute Gasteiger partial charge is 0.476 e. The van der Waals surface area contributed by atoms with E-state index in [-0.39, 0.29) is 11.3 Å². The zero-order valence-electron chi connectivity index (χ0n) is 9.88. The molecule has 2 rings (SSSR count). The molecule has 92 valence electrons. The molecule has 1 N–H and O–H groups in total. The van der Waals surface area contributed by atoms with E-state index >= 15 is 0 Å². The number of aromatic nitrogens is 2. The molecule has 2 heterocycles. The minimum Gasteiger partial charge on any atom is -0.476 e. The Labute approximate surface area is 99.2 Å². The van der Waals surface area contributed by atoms with Gasteiger partial charge in [-0.2, -0.15) is 0 Å². The van der Waals surface area contributed by atoms with Gasteiger partial charge in [-0.25, -0.2) is 4.79 Å². The number of carbonyl (C=O) groups is 1. The van der Waals surface area contributed by atoms with Crippen LogP contribution in [0.2, 0.25) is 0 Å². The van der Waals surface area contributed by atoms with E-state index in [2.05, 4.69) is 10.2 Å². The first kappa shape index (κ1) is 11.8. The van der Waals surface area contributed by atoms with Gasteiger partial charge < -0.3 is 14.7 Å². The van der Waals surface area contributed by atoms with E-state index in [9.17, 15) is 4.79 Å². The molecule has 0 atom stereocenters. The Morgan fingerprint density at radius 3 is 2.76 bits per heavy atom. The van der Waals surface area contributed by atoms with Gasteiger partial charge in [-0.3, -0.25) is 0 Å². The van der Waals surface area contributed by atoms with Gasteiger partial charge in [0.2, 0.25) is 0 Å². The fourth-order valence-corrected chi connectivity index (χ4v) is 1.82. The van der Waals surface area contributed by atoms with Crippen LogP contribution < -0.4 is 4.90 Å². The summed E-state index contributed by atoms with van der Waals surface area (Å²) < 4.78 is 5.60. The van der Waals surface area contributed by atoms with Crippen LogP contribution in [-0.4, -0.2) is 46.6 Å². The van der Waals surface area contributed by atoms with Crippen molar-refractivity contribution in [2.75, 3.05) is 24.6 Å². The fraction of sp³-hybridized carbons (Fsp3) is 0.545. The van der Waals surface area contributed by atoms with Crippen LogP contribution in [0.5, 0.6) is 0 Å². The van der Waals surface area contributed by atoms with E-state index in [1.165, 1.54) is 6.07 Å². The Kier molecular flexibility index (Phi) is 2.97. The lowest BCUT2D eigenvalue weighted by molar-refractivity contribution is -0.0279. The number of rotatable bonds is 2. The van der Waals surface area contributed by atoms with Crippen molar-refractivity contribution in [1.29, 1.82) is 0 Å². The number of hydrogen-bond donors (Lipinski definition) is 1. The Bertz CT molecular complexity index is 416. The van der Waals surface area contributed by atoms with Crippen LogP contribution in [0, 0.1) is 0 Å². The van der Waals surface area contributed by atoms with Crippen LogP contribution in [0.15, 0.2) is 12.1 Å². The number of nitrogens with zero attached hydrogens (tertiary/aromatic N) is 3. The molecule has 0 aromatic carbocycles. The van der Waals surface area contributed by atoms with E-state index in [4.69, 9.17) is 9.84 Å². The maximum atomic E-state index is 10.7. The highest BCUT2D eigenvalue weighted by Gasteiger charge is 2.28. The number of carboxylic acids is 1. The van der Waals surface area contributed by atoms with E-state index in [1.54, 1.807) is 6.07 Å². The number of ether oxygens (including phenoxy) is 1. The summed E-state index contributed by atoms with van der Waals surface area (Å²) in [5.41, 5.74) is -0.257. The molecular formula is C11H15N3O3. The first-order chi connectivity index (χ1) is 7.98. The van der Waals surface area contributed by atoms with Gasteiger partial charge in [-0.1, -0.05) is 0 Å². The number of carboxylic acid groups (broad SMARTS) is 1. The highest BCUT2D eigenvalue weighted by Crippen LogP contribution is 2.20. The van der Waals surface area contributed by atoms with Crippen LogP contribution in [0.25, 0.3) is 0 Å². The second-order valence-electron chi connectivity index (χ2n) is 4.61. The van der Waals surface area contributed by atoms with Gasteiger partial charge in [-0.05, 0) is 26.0 Å². The summed E-state index contributed by atoms with van der Waals surface area (Å²) in [7, 11) is 0. The number of anilines is 1. The summed E-state index contributed by atoms with van der Waals surface area (Å²) in [6, 6.07) is 3.14. The lowest BCUT2D eigenvalue weighted by Gasteiger charge is -2.38. The zero-order valence-corrected chi connectivity index (χ0v) is 9.88. The van der Waals surface area contributed by atoms with Crippen LogP contribution in [0.3, 0.4) is 0 Å². The molecule has 0 radical (unpaired) electrons. The number of aromatic carboxylic acids is 1. The molecule has 1 aliphatic heterocycles. The van der Waals surface area contributed by atoms with Crippen LogP contribution in [-0.2, 0) is 4.74 Å². The normalized spacial score (nSPS) is 19.1. The molecule has 17 heavy (non-hydrogen) atoms. The highest BCUT2D eigenvalue weighted by atomic mass is 16.5. The van der Waals surface area contributed by atoms with Crippen LogP contribution >= 0.6 is 0 Å². The van der Waals surface area contributed by atoms with E-state index in [0.717, 1.165) is 6.54 Å². The van der Waals surface area contributed by atoms with Crippen molar-refractivity contribution in [2.24, 2.45) is 0 Å². The summed E-state index contributed by atoms with van der Waals surface area (Å²) in [4.78, 5) is 12.7. The van der Waals surface area contributed by atoms with Gasteiger partial charge in [0, 0.05) is 13.1 Å². The molecule has 6 heteroatoms. The van der Waals surface area contributed by atoms with Crippen molar-refractivity contribution >= 4 is 11.8 Å². The third-order valence-corrected chi connectivity index (χ3v) is 2.62. The third-order valence-electron chi connectivity index (χ3n) is 2.62. The molecule has 0 bridgehead atoms. The Morgan fingerprint density at radius 1 is 1.47 bits per heavy atom. The van der Waals surface area contributed by atoms with Gasteiger partial charge in [-0.15, -0.1) is 10.2 Å². The minimum absolute atomic E-state index is 0.0405. The molecule has 0 amide bonds. The third kappa shape index (κ3) is 2.71. The van der Waals surface area contributed by atoms with Gasteiger partial charge in [0.15, 0.2) is 11.5 Å². The Morgan fingerprint density at radius 2 is 2.24 bits per heavy atom. The second kappa shape index (κ2) is 4.29. The van der Waals surface area contributed by atoms with E-state index in [1.807, 2.05) is 18.7 Å². The average molecular weight is 237 g/mol. The predicted octanol–water partition coefficient (Wildman–Crippen LogP) is 0.790. The monoisotopic (exact) mass is 237 g/mol. The maximum absolute atomic E-state index is 10.7. The quantitative estimate of drug-likeness (QED) is 0.819. The predicted molar refractivity (Wildman–Crippen MR) is 61.2 cm³/mol. The minimum atomic E-state index is -1.06. The molecule has 0 unspecified atom stereocenters. The van der Waals surface area contributed by atoms with Crippen molar-refractivity contribution < 1.29 is 14.6 Å². The molecule has 6 nitrogen and oxygen atoms in total. The molecule has 0 spiro atoms. The Hall–Kier alpha value is -1.69. The fourth-order valence-electron chi connectivity index (χ4n) is 1.82. The van der Waals surface area contributed by atoms with E-state index < -0.39 is 5.97 Å². The summed E-state index contributed by atoms with van der Waals surface area (Å²) in [5, 5.41) is 16.3. The standard InChI is InChI=1S/C11H15N3O3/c1-11(2)7-14(5-6-17-11)9-4-3-8(10(15)16)12-13-9/h3-4H,5-7H2,1-2H3,(H,15,16). The van der Waals surface area contributed by atoms with Crippen molar-refractivity contribution in [1.82, 2.24) is 10.2 Å². The molecule has 1 aromatic heterocycles. The van der Waals surface area contributed by atoms with Crippen LogP contribution in [0.1, 0.15) is 24.3 Å². The average Bonchev–Trinajstić information content (AvgIpc) is 2.28. The number of morpholine rings is 1. The smallest absolute Gasteiger partial charge is 0.356 e. The molecular weight excluding hydrogens is 222 g/mol. The first-order valence-corrected chi connectivity index (χ1v) is 5.44. The highest BCUT2D eigenvalue weighted by molar-refractivity contribution is 5.85. The van der Waals surface area contributed by atoms with Gasteiger partial charge in [0.1, 0.15) is 0 Å². The van der Waals surface area contributed by atoms with Crippen molar-refractivity contribution in [3.63, 3.8) is 0 Å². The summed E-state index contributed by atoms with van der Waals surface area (Å²) in [6.07, 6.45) is 0. The SMILES string of the molecule is CC1(C)CN(c2ccc(C(=O)O)nn2)CCO1. The molecule has 0 saturated carbocycles. The summed E-state index contributed by atoms with van der Waals surface area (Å²) >= 11 is 0. The van der Waals surface area contributed by atoms with Crippen LogP contribution in [0.4, 0.5) is 5.82 Å². The topological polar surface area (TPSA) is 75.6 Å². The van der Waals surface area contributed by atoms with Crippen molar-refractivity contribution in [3.05, 3.63) is 17.8 Å².